The van der Waals surface area contributed by atoms with Gasteiger partial charge in [0.05, 0.1) is 11.0 Å². The molecule has 11 rings (SSSR count). The Hall–Kier alpha value is -8.21. The zero-order valence-corrected chi connectivity index (χ0v) is 33.2. The van der Waals surface area contributed by atoms with Crippen LogP contribution in [0.1, 0.15) is 0 Å². The summed E-state index contributed by atoms with van der Waals surface area (Å²) in [4.78, 5) is 15.7. The van der Waals surface area contributed by atoms with Crippen LogP contribution in [0.3, 0.4) is 0 Å². The van der Waals surface area contributed by atoms with Gasteiger partial charge in [-0.2, -0.15) is 9.97 Å². The molecule has 0 unspecified atom stereocenters. The van der Waals surface area contributed by atoms with Gasteiger partial charge < -0.3 is 0 Å². The Morgan fingerprint density at radius 3 is 1.18 bits per heavy atom. The number of benzene rings is 9. The minimum Gasteiger partial charge on any atom is -0.277 e. The second-order valence-corrected chi connectivity index (χ2v) is 15.3. The van der Waals surface area contributed by atoms with E-state index in [1.165, 1.54) is 11.1 Å². The van der Waals surface area contributed by atoms with Gasteiger partial charge in [0.2, 0.25) is 5.95 Å². The third kappa shape index (κ3) is 6.86. The Balaban J connectivity index is 1.13. The lowest BCUT2D eigenvalue weighted by Crippen LogP contribution is -2.07. The molecule has 0 bridgehead atoms. The van der Waals surface area contributed by atoms with Crippen LogP contribution in [0.15, 0.2) is 231 Å². The first-order chi connectivity index (χ1) is 30.2. The molecule has 0 amide bonds. The third-order valence-corrected chi connectivity index (χ3v) is 11.5. The van der Waals surface area contributed by atoms with Crippen LogP contribution in [-0.2, 0) is 0 Å². The first-order valence-electron chi connectivity index (χ1n) is 20.6. The fourth-order valence-corrected chi connectivity index (χ4v) is 8.44. The summed E-state index contributed by atoms with van der Waals surface area (Å²) >= 11 is 0. The fraction of sp³-hybridized carbons (Fsp3) is 0. The van der Waals surface area contributed by atoms with Crippen molar-refractivity contribution in [2.75, 3.05) is 0 Å². The molecule has 0 radical (unpaired) electrons. The van der Waals surface area contributed by atoms with Crippen molar-refractivity contribution in [3.05, 3.63) is 231 Å². The summed E-state index contributed by atoms with van der Waals surface area (Å²) in [6.45, 7) is 0. The third-order valence-electron chi connectivity index (χ3n) is 11.5. The number of fused-ring (bicyclic) bond motifs is 3. The average molecular weight is 779 g/mol. The molecule has 0 spiro atoms. The van der Waals surface area contributed by atoms with Crippen molar-refractivity contribution < 1.29 is 0 Å². The van der Waals surface area contributed by atoms with Crippen molar-refractivity contribution in [1.29, 1.82) is 0 Å². The van der Waals surface area contributed by atoms with Crippen molar-refractivity contribution in [3.8, 4) is 84.4 Å². The molecule has 11 aromatic rings. The Labute approximate surface area is 354 Å². The predicted octanol–water partition coefficient (Wildman–Crippen LogP) is 14.6. The number of nitrogens with zero attached hydrogens (tertiary/aromatic N) is 4. The Kier molecular flexibility index (Phi) is 9.14. The highest BCUT2D eigenvalue weighted by molar-refractivity contribution is 6.14. The molecule has 286 valence electrons. The Bertz CT molecular complexity index is 3300. The molecule has 0 fully saturated rings. The van der Waals surface area contributed by atoms with Gasteiger partial charge in [-0.25, -0.2) is 4.98 Å². The molecule has 2 aromatic heterocycles. The minimum atomic E-state index is 0.561. The summed E-state index contributed by atoms with van der Waals surface area (Å²) in [6.07, 6.45) is 0. The van der Waals surface area contributed by atoms with Crippen LogP contribution in [-0.4, -0.2) is 19.5 Å². The number of rotatable bonds is 8. The van der Waals surface area contributed by atoms with E-state index in [2.05, 4.69) is 211 Å². The number of hydrogen-bond donors (Lipinski definition) is 0. The van der Waals surface area contributed by atoms with E-state index in [4.69, 9.17) is 15.0 Å². The summed E-state index contributed by atoms with van der Waals surface area (Å²) in [7, 11) is 0. The van der Waals surface area contributed by atoms with E-state index >= 15 is 0 Å². The van der Waals surface area contributed by atoms with Crippen LogP contribution in [0, 0.1) is 0 Å². The topological polar surface area (TPSA) is 43.6 Å². The van der Waals surface area contributed by atoms with Gasteiger partial charge in [-0.05, 0) is 74.3 Å². The summed E-state index contributed by atoms with van der Waals surface area (Å²) in [6, 6.07) is 81.3. The molecule has 0 aliphatic carbocycles. The molecule has 0 saturated carbocycles. The number of aromatic nitrogens is 4. The molecule has 0 N–H and O–H groups in total. The minimum absolute atomic E-state index is 0.561. The van der Waals surface area contributed by atoms with E-state index in [0.717, 1.165) is 77.4 Å². The van der Waals surface area contributed by atoms with E-state index in [1.807, 2.05) is 24.3 Å². The monoisotopic (exact) mass is 778 g/mol. The first-order valence-corrected chi connectivity index (χ1v) is 20.6. The lowest BCUT2D eigenvalue weighted by molar-refractivity contribution is 0.954. The molecule has 4 heteroatoms. The quantitative estimate of drug-likeness (QED) is 0.154. The van der Waals surface area contributed by atoms with Crippen LogP contribution < -0.4 is 0 Å². The van der Waals surface area contributed by atoms with E-state index in [-0.39, 0.29) is 0 Å². The van der Waals surface area contributed by atoms with Crippen molar-refractivity contribution in [2.24, 2.45) is 0 Å². The normalized spacial score (nSPS) is 11.3. The van der Waals surface area contributed by atoms with Crippen molar-refractivity contribution in [1.82, 2.24) is 19.5 Å². The lowest BCUT2D eigenvalue weighted by atomic mass is 9.92. The van der Waals surface area contributed by atoms with Gasteiger partial charge in [-0.1, -0.05) is 206 Å². The van der Waals surface area contributed by atoms with Crippen LogP contribution >= 0.6 is 0 Å². The van der Waals surface area contributed by atoms with Gasteiger partial charge in [-0.3, -0.25) is 4.57 Å². The highest BCUT2D eigenvalue weighted by Crippen LogP contribution is 2.41. The zero-order valence-electron chi connectivity index (χ0n) is 33.2. The van der Waals surface area contributed by atoms with E-state index < -0.39 is 0 Å². The zero-order chi connectivity index (χ0) is 40.5. The van der Waals surface area contributed by atoms with Gasteiger partial charge >= 0.3 is 0 Å². The molecule has 0 aliphatic rings. The SMILES string of the molecule is c1ccc(-c2ccc(-c3cc(-c4ccccc4)cc(-c4cccc5c6ccccc6n(-c6nc(-c7ccccc7)nc(-c7ccc(-c8ccccc8)cc7)n6)c45)c3)cc2)cc1. The van der Waals surface area contributed by atoms with Crippen LogP contribution in [0.25, 0.3) is 106 Å². The highest BCUT2D eigenvalue weighted by Gasteiger charge is 2.21. The first kappa shape index (κ1) is 35.9. The molecule has 9 aromatic carbocycles. The maximum Gasteiger partial charge on any atom is 0.238 e. The Morgan fingerprint density at radius 1 is 0.262 bits per heavy atom. The van der Waals surface area contributed by atoms with Gasteiger partial charge in [0, 0.05) is 27.5 Å². The summed E-state index contributed by atoms with van der Waals surface area (Å²) in [5, 5.41) is 2.26. The molecule has 0 saturated heterocycles. The van der Waals surface area contributed by atoms with Crippen molar-refractivity contribution in [2.45, 2.75) is 0 Å². The number of hydrogen-bond acceptors (Lipinski definition) is 3. The van der Waals surface area contributed by atoms with E-state index in [9.17, 15) is 0 Å². The molecule has 0 atom stereocenters. The smallest absolute Gasteiger partial charge is 0.238 e. The number of para-hydroxylation sites is 2. The van der Waals surface area contributed by atoms with Gasteiger partial charge in [0.25, 0.3) is 0 Å². The molecule has 61 heavy (non-hydrogen) atoms. The average Bonchev–Trinajstić information content (AvgIpc) is 3.70. The van der Waals surface area contributed by atoms with Crippen LogP contribution in [0.2, 0.25) is 0 Å². The fourth-order valence-electron chi connectivity index (χ4n) is 8.44. The van der Waals surface area contributed by atoms with Crippen LogP contribution in [0.5, 0.6) is 0 Å². The molecule has 2 heterocycles. The van der Waals surface area contributed by atoms with E-state index in [1.54, 1.807) is 0 Å². The van der Waals surface area contributed by atoms with Crippen molar-refractivity contribution >= 4 is 21.8 Å². The largest absolute Gasteiger partial charge is 0.277 e. The Morgan fingerprint density at radius 2 is 0.639 bits per heavy atom. The van der Waals surface area contributed by atoms with Gasteiger partial charge in [0.15, 0.2) is 11.6 Å². The second kappa shape index (κ2) is 15.5. The summed E-state index contributed by atoms with van der Waals surface area (Å²) in [5.41, 5.74) is 15.4. The summed E-state index contributed by atoms with van der Waals surface area (Å²) < 4.78 is 2.24. The van der Waals surface area contributed by atoms with Gasteiger partial charge in [0.1, 0.15) is 0 Å². The van der Waals surface area contributed by atoms with E-state index in [0.29, 0.717) is 17.6 Å². The lowest BCUT2D eigenvalue weighted by Gasteiger charge is -2.15. The maximum absolute atomic E-state index is 5.31. The standard InChI is InChI=1S/C57H38N4/c1-5-16-39(17-6-1)42-28-30-44(31-29-42)48-36-47(41-20-9-3-10-21-41)37-49(38-48)50-25-15-26-52-51-24-13-14-27-53(51)61(54(50)52)57-59-55(45-22-11-4-12-23-45)58-56(60-57)46-34-32-43(33-35-46)40-18-7-2-8-19-40/h1-38H. The second-order valence-electron chi connectivity index (χ2n) is 15.3. The van der Waals surface area contributed by atoms with Crippen LogP contribution in [0.4, 0.5) is 0 Å². The molecule has 4 nitrogen and oxygen atoms in total. The molecular weight excluding hydrogens is 741 g/mol. The molecular formula is C57H38N4. The predicted molar refractivity (Wildman–Crippen MR) is 252 cm³/mol. The highest BCUT2D eigenvalue weighted by atomic mass is 15.2. The summed E-state index contributed by atoms with van der Waals surface area (Å²) in [5.74, 6) is 1.79. The maximum atomic E-state index is 5.31. The molecule has 0 aliphatic heterocycles. The van der Waals surface area contributed by atoms with Gasteiger partial charge in [-0.15, -0.1) is 0 Å². The van der Waals surface area contributed by atoms with Crippen molar-refractivity contribution in [3.63, 3.8) is 0 Å².